The molecule has 0 aromatic rings. The van der Waals surface area contributed by atoms with Crippen LogP contribution in [0.25, 0.3) is 0 Å². The number of aldehydes is 2. The minimum atomic E-state index is 0.167. The van der Waals surface area contributed by atoms with Gasteiger partial charge >= 0.3 is 0 Å². The first-order valence-corrected chi connectivity index (χ1v) is 3.27. The van der Waals surface area contributed by atoms with Crippen LogP contribution in [-0.2, 0) is 9.59 Å². The molecule has 0 bridgehead atoms. The van der Waals surface area contributed by atoms with Gasteiger partial charge in [0, 0.05) is 11.8 Å². The minimum absolute atomic E-state index is 0.167. The van der Waals surface area contributed by atoms with Crippen LogP contribution in [0.1, 0.15) is 19.3 Å². The van der Waals surface area contributed by atoms with Gasteiger partial charge in [0.15, 0.2) is 0 Å². The quantitative estimate of drug-likeness (QED) is 0.513. The van der Waals surface area contributed by atoms with Crippen molar-refractivity contribution in [3.8, 4) is 0 Å². The largest absolute Gasteiger partial charge is 0.303 e. The second-order valence-corrected chi connectivity index (χ2v) is 2.61. The van der Waals surface area contributed by atoms with Crippen LogP contribution in [0.5, 0.6) is 0 Å². The normalized spacial score (nSPS) is 34.2. The van der Waals surface area contributed by atoms with Crippen LogP contribution in [0.3, 0.4) is 0 Å². The molecular weight excluding hydrogens is 116 g/mol. The molecule has 0 radical (unpaired) electrons. The van der Waals surface area contributed by atoms with Gasteiger partial charge < -0.3 is 9.59 Å². The molecule has 1 fully saturated rings. The topological polar surface area (TPSA) is 34.1 Å². The number of carbonyl (C=O) groups excluding carboxylic acids is 2. The van der Waals surface area contributed by atoms with Crippen LogP contribution in [0.15, 0.2) is 0 Å². The van der Waals surface area contributed by atoms with Gasteiger partial charge in [-0.2, -0.15) is 0 Å². The highest BCUT2D eigenvalue weighted by molar-refractivity contribution is 5.59. The summed E-state index contributed by atoms with van der Waals surface area (Å²) in [5.41, 5.74) is 0. The van der Waals surface area contributed by atoms with Crippen LogP contribution >= 0.6 is 0 Å². The Bertz CT molecular complexity index is 106. The zero-order chi connectivity index (χ0) is 6.69. The first kappa shape index (κ1) is 6.46. The number of rotatable bonds is 2. The Morgan fingerprint density at radius 2 is 1.44 bits per heavy atom. The van der Waals surface area contributed by atoms with Crippen LogP contribution in [0, 0.1) is 11.8 Å². The van der Waals surface area contributed by atoms with Crippen molar-refractivity contribution in [1.29, 1.82) is 0 Å². The van der Waals surface area contributed by atoms with Gasteiger partial charge in [-0.15, -0.1) is 0 Å². The average Bonchev–Trinajstić information content (AvgIpc) is 2.34. The van der Waals surface area contributed by atoms with E-state index in [1.807, 2.05) is 0 Å². The first-order chi connectivity index (χ1) is 4.36. The van der Waals surface area contributed by atoms with Crippen LogP contribution < -0.4 is 0 Å². The zero-order valence-electron chi connectivity index (χ0n) is 5.25. The highest BCUT2D eigenvalue weighted by Crippen LogP contribution is 2.27. The Morgan fingerprint density at radius 3 is 1.67 bits per heavy atom. The fraction of sp³-hybridized carbons (Fsp3) is 0.714. The second-order valence-electron chi connectivity index (χ2n) is 2.61. The van der Waals surface area contributed by atoms with E-state index in [2.05, 4.69) is 0 Å². The maximum absolute atomic E-state index is 10.2. The summed E-state index contributed by atoms with van der Waals surface area (Å²) in [5.74, 6) is 0.334. The van der Waals surface area contributed by atoms with Gasteiger partial charge in [0.1, 0.15) is 12.6 Å². The highest BCUT2D eigenvalue weighted by atomic mass is 16.1. The Hall–Kier alpha value is -0.660. The smallest absolute Gasteiger partial charge is 0.123 e. The van der Waals surface area contributed by atoms with E-state index in [1.165, 1.54) is 0 Å². The molecule has 2 heteroatoms. The summed E-state index contributed by atoms with van der Waals surface area (Å²) in [6.45, 7) is 0. The Kier molecular flexibility index (Phi) is 1.98. The van der Waals surface area contributed by atoms with E-state index in [1.54, 1.807) is 0 Å². The molecule has 0 aliphatic heterocycles. The van der Waals surface area contributed by atoms with Crippen molar-refractivity contribution >= 4 is 12.6 Å². The third kappa shape index (κ3) is 1.37. The van der Waals surface area contributed by atoms with Gasteiger partial charge in [0.05, 0.1) is 0 Å². The molecule has 1 aliphatic rings. The van der Waals surface area contributed by atoms with Crippen molar-refractivity contribution in [3.05, 3.63) is 0 Å². The molecule has 1 rings (SSSR count). The molecule has 9 heavy (non-hydrogen) atoms. The van der Waals surface area contributed by atoms with Crippen LogP contribution in [-0.4, -0.2) is 12.6 Å². The lowest BCUT2D eigenvalue weighted by Crippen LogP contribution is -1.97. The summed E-state index contributed by atoms with van der Waals surface area (Å²) in [7, 11) is 0. The molecule has 0 spiro atoms. The molecule has 2 atom stereocenters. The van der Waals surface area contributed by atoms with Crippen molar-refractivity contribution in [3.63, 3.8) is 0 Å². The monoisotopic (exact) mass is 126 g/mol. The summed E-state index contributed by atoms with van der Waals surface area (Å²) in [4.78, 5) is 20.3. The number of carbonyl (C=O) groups is 2. The standard InChI is InChI=1S/C7H10O2/c8-4-6-1-2-7(3-6)5-9/h4-7H,1-3H2/t6-,7-/m0/s1. The fourth-order valence-electron chi connectivity index (χ4n) is 1.30. The molecule has 0 aromatic heterocycles. The van der Waals surface area contributed by atoms with Crippen molar-refractivity contribution < 1.29 is 9.59 Å². The van der Waals surface area contributed by atoms with E-state index in [0.717, 1.165) is 31.8 Å². The van der Waals surface area contributed by atoms with E-state index >= 15 is 0 Å². The van der Waals surface area contributed by atoms with E-state index in [4.69, 9.17) is 0 Å². The lowest BCUT2D eigenvalue weighted by Gasteiger charge is -1.94. The predicted molar refractivity (Wildman–Crippen MR) is 33.0 cm³/mol. The van der Waals surface area contributed by atoms with Crippen molar-refractivity contribution in [2.45, 2.75) is 19.3 Å². The van der Waals surface area contributed by atoms with Gasteiger partial charge in [-0.25, -0.2) is 0 Å². The first-order valence-electron chi connectivity index (χ1n) is 3.27. The molecule has 50 valence electrons. The maximum Gasteiger partial charge on any atom is 0.123 e. The SMILES string of the molecule is O=C[C@H]1CC[C@H](C=O)C1. The summed E-state index contributed by atoms with van der Waals surface area (Å²) in [6, 6.07) is 0. The van der Waals surface area contributed by atoms with E-state index in [0.29, 0.717) is 0 Å². The van der Waals surface area contributed by atoms with Gasteiger partial charge in [-0.1, -0.05) is 0 Å². The van der Waals surface area contributed by atoms with E-state index in [9.17, 15) is 9.59 Å². The molecule has 0 aromatic carbocycles. The molecule has 0 amide bonds. The Morgan fingerprint density at radius 1 is 1.00 bits per heavy atom. The molecule has 2 nitrogen and oxygen atoms in total. The molecule has 0 N–H and O–H groups in total. The Labute approximate surface area is 54.2 Å². The van der Waals surface area contributed by atoms with Crippen molar-refractivity contribution in [2.75, 3.05) is 0 Å². The molecule has 0 unspecified atom stereocenters. The third-order valence-corrected chi connectivity index (χ3v) is 1.90. The van der Waals surface area contributed by atoms with Crippen molar-refractivity contribution in [2.24, 2.45) is 11.8 Å². The minimum Gasteiger partial charge on any atom is -0.303 e. The van der Waals surface area contributed by atoms with E-state index < -0.39 is 0 Å². The maximum atomic E-state index is 10.2. The lowest BCUT2D eigenvalue weighted by atomic mass is 10.1. The number of hydrogen-bond donors (Lipinski definition) is 0. The summed E-state index contributed by atoms with van der Waals surface area (Å²) < 4.78 is 0. The van der Waals surface area contributed by atoms with Gasteiger partial charge in [-0.05, 0) is 19.3 Å². The van der Waals surface area contributed by atoms with Crippen molar-refractivity contribution in [1.82, 2.24) is 0 Å². The molecule has 1 aliphatic carbocycles. The Balaban J connectivity index is 2.36. The predicted octanol–water partition coefficient (Wildman–Crippen LogP) is 0.800. The lowest BCUT2D eigenvalue weighted by molar-refractivity contribution is -0.111. The van der Waals surface area contributed by atoms with Crippen LogP contribution in [0.4, 0.5) is 0 Å². The molecule has 0 heterocycles. The summed E-state index contributed by atoms with van der Waals surface area (Å²) in [5, 5.41) is 0. The average molecular weight is 126 g/mol. The van der Waals surface area contributed by atoms with Gasteiger partial charge in [-0.3, -0.25) is 0 Å². The molecular formula is C7H10O2. The number of hydrogen-bond acceptors (Lipinski definition) is 2. The summed E-state index contributed by atoms with van der Waals surface area (Å²) >= 11 is 0. The van der Waals surface area contributed by atoms with Gasteiger partial charge in [0.2, 0.25) is 0 Å². The third-order valence-electron chi connectivity index (χ3n) is 1.90. The highest BCUT2D eigenvalue weighted by Gasteiger charge is 2.22. The van der Waals surface area contributed by atoms with E-state index in [-0.39, 0.29) is 11.8 Å². The fourth-order valence-corrected chi connectivity index (χ4v) is 1.30. The summed E-state index contributed by atoms with van der Waals surface area (Å²) in [6.07, 6.45) is 4.53. The molecule has 0 saturated heterocycles. The molecule has 1 saturated carbocycles. The van der Waals surface area contributed by atoms with Gasteiger partial charge in [0.25, 0.3) is 0 Å². The second kappa shape index (κ2) is 2.76. The zero-order valence-corrected chi connectivity index (χ0v) is 5.25. The van der Waals surface area contributed by atoms with Crippen LogP contribution in [0.2, 0.25) is 0 Å².